The number of ether oxygens (including phenoxy) is 2. The minimum Gasteiger partial charge on any atom is -0.487 e. The standard InChI is InChI=1S/C30H28Br2O4/c31-25-15-7-13-23(29(25)35-19-21-9-3-1-4-10-21)17-27(33)28(34)18-24-14-8-16-26(32)30(24)36-20-22-11-5-2-6-12-22/h1-16,27-28,33-34H,17-20H2. The summed E-state index contributed by atoms with van der Waals surface area (Å²) < 4.78 is 13.8. The predicted molar refractivity (Wildman–Crippen MR) is 149 cm³/mol. The number of aliphatic hydroxyl groups is 2. The lowest BCUT2D eigenvalue weighted by Crippen LogP contribution is -2.30. The highest BCUT2D eigenvalue weighted by Gasteiger charge is 2.22. The summed E-state index contributed by atoms with van der Waals surface area (Å²) in [6, 6.07) is 31.3. The number of hydrogen-bond donors (Lipinski definition) is 2. The van der Waals surface area contributed by atoms with E-state index in [0.717, 1.165) is 31.2 Å². The molecule has 4 aromatic rings. The zero-order chi connectivity index (χ0) is 25.3. The first-order valence-corrected chi connectivity index (χ1v) is 13.3. The maximum Gasteiger partial charge on any atom is 0.137 e. The van der Waals surface area contributed by atoms with Crippen molar-refractivity contribution < 1.29 is 19.7 Å². The van der Waals surface area contributed by atoms with E-state index < -0.39 is 12.2 Å². The fourth-order valence-corrected chi connectivity index (χ4v) is 4.98. The van der Waals surface area contributed by atoms with Gasteiger partial charge in [-0.05, 0) is 66.2 Å². The molecule has 0 saturated heterocycles. The number of rotatable bonds is 11. The van der Waals surface area contributed by atoms with Crippen LogP contribution in [-0.4, -0.2) is 22.4 Å². The summed E-state index contributed by atoms with van der Waals surface area (Å²) in [7, 11) is 0. The molecule has 0 amide bonds. The van der Waals surface area contributed by atoms with Gasteiger partial charge in [-0.2, -0.15) is 0 Å². The van der Waals surface area contributed by atoms with E-state index in [1.54, 1.807) is 0 Å². The van der Waals surface area contributed by atoms with Crippen molar-refractivity contribution in [3.05, 3.63) is 128 Å². The van der Waals surface area contributed by atoms with Crippen molar-refractivity contribution in [2.45, 2.75) is 38.3 Å². The van der Waals surface area contributed by atoms with E-state index in [4.69, 9.17) is 9.47 Å². The number of para-hydroxylation sites is 2. The summed E-state index contributed by atoms with van der Waals surface area (Å²) in [6.07, 6.45) is -1.48. The van der Waals surface area contributed by atoms with Gasteiger partial charge in [0.25, 0.3) is 0 Å². The van der Waals surface area contributed by atoms with Crippen LogP contribution >= 0.6 is 31.9 Å². The number of aliphatic hydroxyl groups excluding tert-OH is 2. The van der Waals surface area contributed by atoms with Gasteiger partial charge in [-0.1, -0.05) is 84.9 Å². The van der Waals surface area contributed by atoms with E-state index in [9.17, 15) is 10.2 Å². The predicted octanol–water partition coefficient (Wildman–Crippen LogP) is 6.88. The smallest absolute Gasteiger partial charge is 0.137 e. The Labute approximate surface area is 228 Å². The van der Waals surface area contributed by atoms with E-state index in [1.165, 1.54) is 0 Å². The van der Waals surface area contributed by atoms with Crippen LogP contribution in [0.25, 0.3) is 0 Å². The van der Waals surface area contributed by atoms with Gasteiger partial charge < -0.3 is 19.7 Å². The van der Waals surface area contributed by atoms with Gasteiger partial charge in [-0.15, -0.1) is 0 Å². The molecule has 186 valence electrons. The molecule has 36 heavy (non-hydrogen) atoms. The first-order chi connectivity index (χ1) is 17.5. The third-order valence-electron chi connectivity index (χ3n) is 5.85. The molecular weight excluding hydrogens is 584 g/mol. The van der Waals surface area contributed by atoms with Crippen molar-refractivity contribution in [3.63, 3.8) is 0 Å². The van der Waals surface area contributed by atoms with E-state index in [1.807, 2.05) is 97.1 Å². The summed E-state index contributed by atoms with van der Waals surface area (Å²) in [6.45, 7) is 0.824. The van der Waals surface area contributed by atoms with Crippen LogP contribution in [0.15, 0.2) is 106 Å². The molecule has 0 aliphatic rings. The van der Waals surface area contributed by atoms with Crippen LogP contribution in [-0.2, 0) is 26.1 Å². The molecule has 4 rings (SSSR count). The summed E-state index contributed by atoms with van der Waals surface area (Å²) >= 11 is 7.13. The van der Waals surface area contributed by atoms with E-state index in [2.05, 4.69) is 31.9 Å². The fraction of sp³-hybridized carbons (Fsp3) is 0.200. The largest absolute Gasteiger partial charge is 0.487 e. The minimum absolute atomic E-state index is 0.249. The van der Waals surface area contributed by atoms with Gasteiger partial charge in [0, 0.05) is 12.8 Å². The van der Waals surface area contributed by atoms with Crippen molar-refractivity contribution in [2.24, 2.45) is 0 Å². The van der Waals surface area contributed by atoms with Gasteiger partial charge in [-0.25, -0.2) is 0 Å². The molecule has 2 unspecified atom stereocenters. The summed E-state index contributed by atoms with van der Waals surface area (Å²) in [5, 5.41) is 21.9. The Morgan fingerprint density at radius 1 is 0.528 bits per heavy atom. The highest BCUT2D eigenvalue weighted by molar-refractivity contribution is 9.10. The van der Waals surface area contributed by atoms with Crippen LogP contribution in [0.4, 0.5) is 0 Å². The summed E-state index contributed by atoms with van der Waals surface area (Å²) in [5.74, 6) is 1.34. The van der Waals surface area contributed by atoms with Crippen LogP contribution in [0.3, 0.4) is 0 Å². The van der Waals surface area contributed by atoms with Crippen molar-refractivity contribution in [1.29, 1.82) is 0 Å². The average Bonchev–Trinajstić information content (AvgIpc) is 2.89. The van der Waals surface area contributed by atoms with Gasteiger partial charge >= 0.3 is 0 Å². The molecule has 0 radical (unpaired) electrons. The number of halogens is 2. The lowest BCUT2D eigenvalue weighted by atomic mass is 9.97. The Balaban J connectivity index is 1.43. The first kappa shape index (κ1) is 26.4. The third kappa shape index (κ3) is 7.20. The van der Waals surface area contributed by atoms with Crippen molar-refractivity contribution in [1.82, 2.24) is 0 Å². The zero-order valence-corrected chi connectivity index (χ0v) is 22.9. The Morgan fingerprint density at radius 2 is 0.917 bits per heavy atom. The molecule has 0 aromatic heterocycles. The molecule has 2 N–H and O–H groups in total. The topological polar surface area (TPSA) is 58.9 Å². The van der Waals surface area contributed by atoms with Gasteiger partial charge in [0.2, 0.25) is 0 Å². The Hall–Kier alpha value is -2.64. The molecule has 0 aliphatic carbocycles. The second kappa shape index (κ2) is 13.1. The molecule has 0 saturated carbocycles. The molecule has 6 heteroatoms. The van der Waals surface area contributed by atoms with Crippen LogP contribution in [0.1, 0.15) is 22.3 Å². The maximum atomic E-state index is 10.9. The number of benzene rings is 4. The molecular formula is C30H28Br2O4. The van der Waals surface area contributed by atoms with Crippen LogP contribution < -0.4 is 9.47 Å². The Kier molecular flexibility index (Phi) is 9.59. The molecule has 0 heterocycles. The Bertz CT molecular complexity index is 1150. The summed E-state index contributed by atoms with van der Waals surface area (Å²) in [4.78, 5) is 0. The minimum atomic E-state index is -0.987. The molecule has 4 aromatic carbocycles. The lowest BCUT2D eigenvalue weighted by molar-refractivity contribution is 0.0198. The van der Waals surface area contributed by atoms with Gasteiger partial charge in [0.05, 0.1) is 21.2 Å². The first-order valence-electron chi connectivity index (χ1n) is 11.8. The van der Waals surface area contributed by atoms with E-state index in [0.29, 0.717) is 24.7 Å². The lowest BCUT2D eigenvalue weighted by Gasteiger charge is -2.22. The number of hydrogen-bond acceptors (Lipinski definition) is 4. The Morgan fingerprint density at radius 3 is 1.31 bits per heavy atom. The monoisotopic (exact) mass is 610 g/mol. The molecule has 0 aliphatic heterocycles. The van der Waals surface area contributed by atoms with Gasteiger partial charge in [0.1, 0.15) is 24.7 Å². The summed E-state index contributed by atoms with van der Waals surface area (Å²) in [5.41, 5.74) is 3.75. The maximum absolute atomic E-state index is 10.9. The van der Waals surface area contributed by atoms with Crippen LogP contribution in [0.5, 0.6) is 11.5 Å². The highest BCUT2D eigenvalue weighted by atomic mass is 79.9. The second-order valence-electron chi connectivity index (χ2n) is 8.55. The average molecular weight is 612 g/mol. The second-order valence-corrected chi connectivity index (χ2v) is 10.3. The fourth-order valence-electron chi connectivity index (χ4n) is 3.93. The van der Waals surface area contributed by atoms with E-state index >= 15 is 0 Å². The van der Waals surface area contributed by atoms with E-state index in [-0.39, 0.29) is 12.8 Å². The molecule has 0 spiro atoms. The quantitative estimate of drug-likeness (QED) is 0.194. The van der Waals surface area contributed by atoms with Crippen molar-refractivity contribution in [2.75, 3.05) is 0 Å². The van der Waals surface area contributed by atoms with Crippen molar-refractivity contribution >= 4 is 31.9 Å². The molecule has 2 atom stereocenters. The highest BCUT2D eigenvalue weighted by Crippen LogP contribution is 2.33. The molecule has 4 nitrogen and oxygen atoms in total. The third-order valence-corrected chi connectivity index (χ3v) is 7.10. The molecule has 0 fully saturated rings. The SMILES string of the molecule is OC(Cc1cccc(Br)c1OCc1ccccc1)C(O)Cc1cccc(Br)c1OCc1ccccc1. The van der Waals surface area contributed by atoms with Gasteiger partial charge in [-0.3, -0.25) is 0 Å². The van der Waals surface area contributed by atoms with Crippen LogP contribution in [0.2, 0.25) is 0 Å². The zero-order valence-electron chi connectivity index (χ0n) is 19.7. The normalized spacial score (nSPS) is 12.7. The van der Waals surface area contributed by atoms with Crippen LogP contribution in [0, 0.1) is 0 Å². The van der Waals surface area contributed by atoms with Gasteiger partial charge in [0.15, 0.2) is 0 Å². The van der Waals surface area contributed by atoms with Crippen molar-refractivity contribution in [3.8, 4) is 11.5 Å². The molecule has 0 bridgehead atoms.